The topological polar surface area (TPSA) is 36.4 Å². The zero-order chi connectivity index (χ0) is 18.9. The smallest absolute Gasteiger partial charge is 0.345 e. The van der Waals surface area contributed by atoms with E-state index in [4.69, 9.17) is 0 Å². The second-order valence-electron chi connectivity index (χ2n) is 6.10. The summed E-state index contributed by atoms with van der Waals surface area (Å²) < 4.78 is 51.8. The molecule has 1 aromatic heterocycles. The van der Waals surface area contributed by atoms with Gasteiger partial charge in [0.25, 0.3) is 0 Å². The van der Waals surface area contributed by atoms with Crippen molar-refractivity contribution in [2.45, 2.75) is 25.1 Å². The molecule has 2 heterocycles. The molecule has 1 atom stereocenters. The van der Waals surface area contributed by atoms with Gasteiger partial charge < -0.3 is 9.80 Å². The van der Waals surface area contributed by atoms with E-state index in [0.29, 0.717) is 25.1 Å². The van der Waals surface area contributed by atoms with Crippen LogP contribution in [0.4, 0.5) is 29.1 Å². The highest BCUT2D eigenvalue weighted by Gasteiger charge is 2.36. The fraction of sp³-hybridized carbons (Fsp3) is 0.333. The van der Waals surface area contributed by atoms with Crippen LogP contribution in [-0.4, -0.2) is 30.5 Å². The number of halogens is 4. The molecule has 0 N–H and O–H groups in total. The van der Waals surface area contributed by atoms with Gasteiger partial charge in [-0.1, -0.05) is 6.07 Å². The van der Waals surface area contributed by atoms with Crippen molar-refractivity contribution in [1.29, 1.82) is 0 Å². The largest absolute Gasteiger partial charge is 0.433 e. The molecule has 2 aromatic rings. The van der Waals surface area contributed by atoms with Gasteiger partial charge in [-0.3, -0.25) is 4.79 Å². The van der Waals surface area contributed by atoms with Gasteiger partial charge in [-0.2, -0.15) is 13.2 Å². The van der Waals surface area contributed by atoms with Crippen LogP contribution in [0.5, 0.6) is 0 Å². The van der Waals surface area contributed by atoms with E-state index in [-0.39, 0.29) is 11.7 Å². The summed E-state index contributed by atoms with van der Waals surface area (Å²) in [5, 5.41) is 0. The van der Waals surface area contributed by atoms with E-state index in [0.717, 1.165) is 6.07 Å². The lowest BCUT2D eigenvalue weighted by Crippen LogP contribution is -2.44. The number of likely N-dealkylation sites (N-methyl/N-ethyl adjacent to an activating group) is 1. The summed E-state index contributed by atoms with van der Waals surface area (Å²) in [5.41, 5.74) is -0.472. The van der Waals surface area contributed by atoms with E-state index < -0.39 is 23.7 Å². The van der Waals surface area contributed by atoms with Gasteiger partial charge in [0.2, 0.25) is 5.91 Å². The number of anilines is 2. The van der Waals surface area contributed by atoms with Gasteiger partial charge in [-0.15, -0.1) is 0 Å². The number of nitrogens with zero attached hydrogens (tertiary/aromatic N) is 3. The highest BCUT2D eigenvalue weighted by molar-refractivity contribution is 5.98. The summed E-state index contributed by atoms with van der Waals surface area (Å²) in [7, 11) is 1.56. The Morgan fingerprint density at radius 2 is 1.88 bits per heavy atom. The molecule has 3 rings (SSSR count). The summed E-state index contributed by atoms with van der Waals surface area (Å²) in [6.07, 6.45) is -3.35. The van der Waals surface area contributed by atoms with Crippen LogP contribution >= 0.6 is 0 Å². The zero-order valence-electron chi connectivity index (χ0n) is 14.0. The van der Waals surface area contributed by atoms with E-state index in [1.165, 1.54) is 41.3 Å². The molecule has 1 saturated heterocycles. The Morgan fingerprint density at radius 1 is 1.19 bits per heavy atom. The van der Waals surface area contributed by atoms with Crippen LogP contribution in [0, 0.1) is 5.82 Å². The number of aromatic nitrogens is 1. The van der Waals surface area contributed by atoms with Crippen molar-refractivity contribution in [2.75, 3.05) is 23.4 Å². The Balaban J connectivity index is 1.84. The molecular weight excluding hydrogens is 350 g/mol. The Morgan fingerprint density at radius 3 is 2.54 bits per heavy atom. The van der Waals surface area contributed by atoms with Crippen LogP contribution in [0.2, 0.25) is 0 Å². The van der Waals surface area contributed by atoms with Crippen LogP contribution in [0.1, 0.15) is 18.5 Å². The van der Waals surface area contributed by atoms with Gasteiger partial charge in [0.15, 0.2) is 0 Å². The summed E-state index contributed by atoms with van der Waals surface area (Å²) in [6.45, 7) is 0.446. The lowest BCUT2D eigenvalue weighted by Gasteiger charge is -2.29. The standard InChI is InChI=1S/C18H17F4N3O/c1-24(13-9-7-12(19)8-10-13)17(26)14-4-3-11-25(14)16-6-2-5-15(23-16)18(20,21)22/h2,5-10,14H,3-4,11H2,1H3. The highest BCUT2D eigenvalue weighted by Crippen LogP contribution is 2.31. The summed E-state index contributed by atoms with van der Waals surface area (Å²) in [4.78, 5) is 19.5. The predicted molar refractivity (Wildman–Crippen MR) is 89.4 cm³/mol. The van der Waals surface area contributed by atoms with Crippen molar-refractivity contribution < 1.29 is 22.4 Å². The number of hydrogen-bond donors (Lipinski definition) is 0. The van der Waals surface area contributed by atoms with Crippen LogP contribution in [-0.2, 0) is 11.0 Å². The van der Waals surface area contributed by atoms with Gasteiger partial charge in [-0.05, 0) is 49.2 Å². The normalized spacial score (nSPS) is 17.4. The zero-order valence-corrected chi connectivity index (χ0v) is 14.0. The van der Waals surface area contributed by atoms with E-state index >= 15 is 0 Å². The molecular formula is C18H17F4N3O. The number of alkyl halides is 3. The van der Waals surface area contributed by atoms with Gasteiger partial charge in [0, 0.05) is 19.3 Å². The maximum absolute atomic E-state index is 13.1. The Hall–Kier alpha value is -2.64. The summed E-state index contributed by atoms with van der Waals surface area (Å²) in [5.74, 6) is -0.554. The first-order chi connectivity index (χ1) is 12.3. The number of amides is 1. The monoisotopic (exact) mass is 367 g/mol. The van der Waals surface area contributed by atoms with Gasteiger partial charge in [-0.25, -0.2) is 9.37 Å². The SMILES string of the molecule is CN(C(=O)C1CCCN1c1cccc(C(F)(F)F)n1)c1ccc(F)cc1. The van der Waals surface area contributed by atoms with E-state index in [1.807, 2.05) is 0 Å². The Kier molecular flexibility index (Phi) is 4.84. The third-order valence-electron chi connectivity index (χ3n) is 4.40. The van der Waals surface area contributed by atoms with E-state index in [1.54, 1.807) is 11.9 Å². The molecule has 8 heteroatoms. The lowest BCUT2D eigenvalue weighted by molar-refractivity contribution is -0.141. The molecule has 0 bridgehead atoms. The predicted octanol–water partition coefficient (Wildman–Crippen LogP) is 3.87. The lowest BCUT2D eigenvalue weighted by atomic mass is 10.1. The first kappa shape index (κ1) is 18.2. The highest BCUT2D eigenvalue weighted by atomic mass is 19.4. The maximum atomic E-state index is 13.1. The number of rotatable bonds is 3. The van der Waals surface area contributed by atoms with Crippen molar-refractivity contribution in [1.82, 2.24) is 4.98 Å². The molecule has 0 saturated carbocycles. The molecule has 1 unspecified atom stereocenters. The molecule has 1 aliphatic rings. The summed E-state index contributed by atoms with van der Waals surface area (Å²) in [6, 6.07) is 8.51. The second-order valence-corrected chi connectivity index (χ2v) is 6.10. The molecule has 1 fully saturated rings. The number of carbonyl (C=O) groups is 1. The minimum absolute atomic E-state index is 0.128. The minimum Gasteiger partial charge on any atom is -0.345 e. The number of hydrogen-bond acceptors (Lipinski definition) is 3. The molecule has 0 spiro atoms. The first-order valence-corrected chi connectivity index (χ1v) is 8.11. The van der Waals surface area contributed by atoms with Crippen LogP contribution in [0.3, 0.4) is 0 Å². The molecule has 1 amide bonds. The van der Waals surface area contributed by atoms with Crippen molar-refractivity contribution in [3.63, 3.8) is 0 Å². The number of carbonyl (C=O) groups excluding carboxylic acids is 1. The second kappa shape index (κ2) is 6.93. The quantitative estimate of drug-likeness (QED) is 0.773. The minimum atomic E-state index is -4.54. The third-order valence-corrected chi connectivity index (χ3v) is 4.40. The molecule has 1 aromatic carbocycles. The van der Waals surface area contributed by atoms with Gasteiger partial charge in [0.05, 0.1) is 0 Å². The summed E-state index contributed by atoms with van der Waals surface area (Å²) >= 11 is 0. The molecule has 0 aliphatic carbocycles. The molecule has 26 heavy (non-hydrogen) atoms. The van der Waals surface area contributed by atoms with Gasteiger partial charge >= 0.3 is 6.18 Å². The number of pyridine rings is 1. The fourth-order valence-corrected chi connectivity index (χ4v) is 3.05. The van der Waals surface area contributed by atoms with Crippen LogP contribution < -0.4 is 9.80 Å². The molecule has 138 valence electrons. The third kappa shape index (κ3) is 3.63. The maximum Gasteiger partial charge on any atom is 0.433 e. The van der Waals surface area contributed by atoms with Crippen molar-refractivity contribution in [2.24, 2.45) is 0 Å². The van der Waals surface area contributed by atoms with Crippen molar-refractivity contribution >= 4 is 17.4 Å². The van der Waals surface area contributed by atoms with Gasteiger partial charge in [0.1, 0.15) is 23.4 Å². The average molecular weight is 367 g/mol. The Labute approximate surface area is 148 Å². The van der Waals surface area contributed by atoms with Crippen LogP contribution in [0.15, 0.2) is 42.5 Å². The molecule has 0 radical (unpaired) electrons. The van der Waals surface area contributed by atoms with E-state index in [2.05, 4.69) is 4.98 Å². The first-order valence-electron chi connectivity index (χ1n) is 8.11. The Bertz CT molecular complexity index is 792. The van der Waals surface area contributed by atoms with Crippen molar-refractivity contribution in [3.8, 4) is 0 Å². The van der Waals surface area contributed by atoms with Crippen LogP contribution in [0.25, 0.3) is 0 Å². The molecule has 4 nitrogen and oxygen atoms in total. The van der Waals surface area contributed by atoms with Crippen molar-refractivity contribution in [3.05, 3.63) is 54.0 Å². The van der Waals surface area contributed by atoms with E-state index in [9.17, 15) is 22.4 Å². The average Bonchev–Trinajstić information content (AvgIpc) is 3.10. The number of benzene rings is 1. The molecule has 1 aliphatic heterocycles. The fourth-order valence-electron chi connectivity index (χ4n) is 3.05.